The van der Waals surface area contributed by atoms with Crippen molar-refractivity contribution in [1.29, 1.82) is 0 Å². The molecule has 1 heterocycles. The summed E-state index contributed by atoms with van der Waals surface area (Å²) in [6, 6.07) is 1.11. The van der Waals surface area contributed by atoms with Gasteiger partial charge in [-0.2, -0.15) is 5.10 Å². The van der Waals surface area contributed by atoms with Gasteiger partial charge >= 0.3 is 0 Å². The third-order valence-electron chi connectivity index (χ3n) is 4.34. The van der Waals surface area contributed by atoms with Gasteiger partial charge in [0, 0.05) is 31.7 Å². The minimum Gasteiger partial charge on any atom is -0.340 e. The van der Waals surface area contributed by atoms with Crippen LogP contribution in [0.5, 0.6) is 0 Å². The second kappa shape index (κ2) is 6.17. The van der Waals surface area contributed by atoms with Crippen LogP contribution in [0.15, 0.2) is 18.5 Å². The van der Waals surface area contributed by atoms with Crippen LogP contribution in [0.1, 0.15) is 38.6 Å². The lowest BCUT2D eigenvalue weighted by Gasteiger charge is -2.38. The molecule has 0 saturated heterocycles. The van der Waals surface area contributed by atoms with Crippen molar-refractivity contribution in [3.8, 4) is 0 Å². The van der Waals surface area contributed by atoms with E-state index >= 15 is 0 Å². The van der Waals surface area contributed by atoms with Crippen molar-refractivity contribution >= 4 is 15.7 Å². The molecule has 1 amide bonds. The van der Waals surface area contributed by atoms with E-state index in [1.54, 1.807) is 42.0 Å². The van der Waals surface area contributed by atoms with E-state index in [-0.39, 0.29) is 11.9 Å². The van der Waals surface area contributed by atoms with E-state index in [0.717, 1.165) is 19.3 Å². The first-order valence-electron chi connectivity index (χ1n) is 7.27. The Kier molecular flexibility index (Phi) is 4.70. The summed E-state index contributed by atoms with van der Waals surface area (Å²) in [5.74, 6) is -0.0979. The molecule has 2 rings (SSSR count). The number of amides is 1. The van der Waals surface area contributed by atoms with Crippen molar-refractivity contribution in [2.75, 3.05) is 13.3 Å². The Morgan fingerprint density at radius 1 is 1.38 bits per heavy atom. The van der Waals surface area contributed by atoms with Crippen LogP contribution in [0.4, 0.5) is 0 Å². The summed E-state index contributed by atoms with van der Waals surface area (Å²) in [5, 5.41) is 3.63. The summed E-state index contributed by atoms with van der Waals surface area (Å²) in [6.45, 7) is 1.78. The molecule has 21 heavy (non-hydrogen) atoms. The third kappa shape index (κ3) is 3.45. The Bertz CT molecular complexity index is 583. The number of rotatable bonds is 4. The number of hydrogen-bond donors (Lipinski definition) is 0. The molecule has 118 valence electrons. The van der Waals surface area contributed by atoms with Crippen LogP contribution >= 0.6 is 0 Å². The van der Waals surface area contributed by atoms with Gasteiger partial charge in [0.2, 0.25) is 5.91 Å². The van der Waals surface area contributed by atoms with Gasteiger partial charge in [0.15, 0.2) is 9.84 Å². The second-order valence-electron chi connectivity index (χ2n) is 5.83. The van der Waals surface area contributed by atoms with Crippen molar-refractivity contribution in [2.24, 2.45) is 0 Å². The van der Waals surface area contributed by atoms with Crippen molar-refractivity contribution < 1.29 is 13.2 Å². The van der Waals surface area contributed by atoms with E-state index in [1.165, 1.54) is 6.26 Å². The molecule has 7 heteroatoms. The van der Waals surface area contributed by atoms with Gasteiger partial charge in [-0.3, -0.25) is 9.48 Å². The number of likely N-dealkylation sites (N-methyl/N-ethyl adjacent to an activating group) is 1. The molecule has 0 unspecified atom stereocenters. The van der Waals surface area contributed by atoms with Crippen LogP contribution < -0.4 is 0 Å². The molecule has 1 fully saturated rings. The molecule has 0 aromatic carbocycles. The fourth-order valence-electron chi connectivity index (χ4n) is 3.10. The van der Waals surface area contributed by atoms with Crippen LogP contribution in [0, 0.1) is 0 Å². The zero-order chi connectivity index (χ0) is 15.6. The SMILES string of the molecule is C[C@H](C(=O)N(C)[C@@H]1CCCC[C@@H]1S(C)(=O)=O)n1cccn1. The van der Waals surface area contributed by atoms with Gasteiger partial charge in [-0.1, -0.05) is 12.8 Å². The Morgan fingerprint density at radius 2 is 2.05 bits per heavy atom. The van der Waals surface area contributed by atoms with Gasteiger partial charge < -0.3 is 4.90 Å². The number of sulfone groups is 1. The molecular weight excluding hydrogens is 290 g/mol. The monoisotopic (exact) mass is 313 g/mol. The molecule has 1 aliphatic rings. The zero-order valence-corrected chi connectivity index (χ0v) is 13.6. The normalized spacial score (nSPS) is 24.5. The fourth-order valence-corrected chi connectivity index (χ4v) is 4.58. The summed E-state index contributed by atoms with van der Waals surface area (Å²) in [5.41, 5.74) is 0. The average molecular weight is 313 g/mol. The van der Waals surface area contributed by atoms with E-state index < -0.39 is 21.1 Å². The molecule has 3 atom stereocenters. The largest absolute Gasteiger partial charge is 0.340 e. The summed E-state index contributed by atoms with van der Waals surface area (Å²) in [4.78, 5) is 14.2. The molecule has 0 N–H and O–H groups in total. The molecule has 1 aliphatic carbocycles. The third-order valence-corrected chi connectivity index (χ3v) is 5.99. The van der Waals surface area contributed by atoms with Crippen LogP contribution in [0.2, 0.25) is 0 Å². The Balaban J connectivity index is 2.17. The van der Waals surface area contributed by atoms with Gasteiger partial charge in [0.1, 0.15) is 6.04 Å². The Morgan fingerprint density at radius 3 is 2.62 bits per heavy atom. The Hall–Kier alpha value is -1.37. The number of hydrogen-bond acceptors (Lipinski definition) is 4. The van der Waals surface area contributed by atoms with Gasteiger partial charge in [0.25, 0.3) is 0 Å². The first kappa shape index (κ1) is 16.0. The van der Waals surface area contributed by atoms with E-state index in [4.69, 9.17) is 0 Å². The number of nitrogens with zero attached hydrogens (tertiary/aromatic N) is 3. The Labute approximate surface area is 126 Å². The smallest absolute Gasteiger partial charge is 0.247 e. The van der Waals surface area contributed by atoms with Gasteiger partial charge in [-0.25, -0.2) is 8.42 Å². The molecule has 0 aliphatic heterocycles. The fraction of sp³-hybridized carbons (Fsp3) is 0.714. The summed E-state index contributed by atoms with van der Waals surface area (Å²) < 4.78 is 25.5. The quantitative estimate of drug-likeness (QED) is 0.839. The molecule has 1 aromatic heterocycles. The first-order valence-corrected chi connectivity index (χ1v) is 9.22. The molecule has 0 radical (unpaired) electrons. The highest BCUT2D eigenvalue weighted by molar-refractivity contribution is 7.91. The summed E-state index contributed by atoms with van der Waals surface area (Å²) >= 11 is 0. The van der Waals surface area contributed by atoms with E-state index in [2.05, 4.69) is 5.10 Å². The van der Waals surface area contributed by atoms with E-state index in [1.807, 2.05) is 0 Å². The summed E-state index contributed by atoms with van der Waals surface area (Å²) in [7, 11) is -1.44. The number of carbonyl (C=O) groups excluding carboxylic acids is 1. The molecular formula is C14H23N3O3S. The maximum atomic E-state index is 12.6. The highest BCUT2D eigenvalue weighted by Gasteiger charge is 2.38. The first-order chi connectivity index (χ1) is 9.82. The van der Waals surface area contributed by atoms with Crippen LogP contribution in [-0.2, 0) is 14.6 Å². The topological polar surface area (TPSA) is 72.3 Å². The maximum Gasteiger partial charge on any atom is 0.247 e. The standard InChI is InChI=1S/C14H23N3O3S/c1-11(17-10-6-9-15-17)14(18)16(2)12-7-4-5-8-13(12)21(3,19)20/h6,9-13H,4-5,7-8H2,1-3H3/t11-,12-,13+/m1/s1. The highest BCUT2D eigenvalue weighted by Crippen LogP contribution is 2.28. The van der Waals surface area contributed by atoms with E-state index in [0.29, 0.717) is 6.42 Å². The van der Waals surface area contributed by atoms with Gasteiger partial charge in [-0.15, -0.1) is 0 Å². The predicted octanol–water partition coefficient (Wildman–Crippen LogP) is 1.26. The van der Waals surface area contributed by atoms with Gasteiger partial charge in [-0.05, 0) is 25.8 Å². The van der Waals surface area contributed by atoms with Crippen molar-refractivity contribution in [1.82, 2.24) is 14.7 Å². The number of aromatic nitrogens is 2. The number of carbonyl (C=O) groups is 1. The van der Waals surface area contributed by atoms with Crippen molar-refractivity contribution in [2.45, 2.75) is 49.9 Å². The molecule has 1 saturated carbocycles. The average Bonchev–Trinajstić information content (AvgIpc) is 2.98. The lowest BCUT2D eigenvalue weighted by molar-refractivity contribution is -0.135. The van der Waals surface area contributed by atoms with Crippen LogP contribution in [0.3, 0.4) is 0 Å². The lowest BCUT2D eigenvalue weighted by atomic mass is 9.93. The van der Waals surface area contributed by atoms with Crippen molar-refractivity contribution in [3.63, 3.8) is 0 Å². The van der Waals surface area contributed by atoms with E-state index in [9.17, 15) is 13.2 Å². The molecule has 0 spiro atoms. The molecule has 6 nitrogen and oxygen atoms in total. The second-order valence-corrected chi connectivity index (χ2v) is 8.10. The van der Waals surface area contributed by atoms with Crippen LogP contribution in [0.25, 0.3) is 0 Å². The zero-order valence-electron chi connectivity index (χ0n) is 12.8. The summed E-state index contributed by atoms with van der Waals surface area (Å²) in [6.07, 6.45) is 7.89. The lowest BCUT2D eigenvalue weighted by Crippen LogP contribution is -2.50. The highest BCUT2D eigenvalue weighted by atomic mass is 32.2. The van der Waals surface area contributed by atoms with Crippen molar-refractivity contribution in [3.05, 3.63) is 18.5 Å². The predicted molar refractivity (Wildman–Crippen MR) is 80.6 cm³/mol. The van der Waals surface area contributed by atoms with Crippen LogP contribution in [-0.4, -0.2) is 53.6 Å². The minimum absolute atomic E-state index is 0.0979. The minimum atomic E-state index is -3.15. The maximum absolute atomic E-state index is 12.6. The van der Waals surface area contributed by atoms with Gasteiger partial charge in [0.05, 0.1) is 5.25 Å². The molecule has 0 bridgehead atoms. The molecule has 1 aromatic rings.